The SMILES string of the molecule is CC(O)(c1cccnc1)c1cncc(F)c1. The van der Waals surface area contributed by atoms with Crippen molar-refractivity contribution < 1.29 is 9.50 Å². The van der Waals surface area contributed by atoms with Crippen molar-refractivity contribution in [3.8, 4) is 0 Å². The lowest BCUT2D eigenvalue weighted by Crippen LogP contribution is -2.23. The molecule has 4 heteroatoms. The molecule has 0 spiro atoms. The molecular formula is C12H11FN2O. The first-order chi connectivity index (χ1) is 7.60. The molecule has 2 aromatic rings. The Morgan fingerprint density at radius 3 is 2.56 bits per heavy atom. The number of hydrogen-bond acceptors (Lipinski definition) is 3. The zero-order chi connectivity index (χ0) is 11.6. The van der Waals surface area contributed by atoms with E-state index >= 15 is 0 Å². The van der Waals surface area contributed by atoms with E-state index < -0.39 is 11.4 Å². The average Bonchev–Trinajstić information content (AvgIpc) is 2.30. The van der Waals surface area contributed by atoms with Gasteiger partial charge in [0, 0.05) is 29.7 Å². The lowest BCUT2D eigenvalue weighted by Gasteiger charge is -2.23. The second kappa shape index (κ2) is 3.98. The topological polar surface area (TPSA) is 46.0 Å². The molecule has 0 aliphatic rings. The van der Waals surface area contributed by atoms with Gasteiger partial charge in [-0.15, -0.1) is 0 Å². The van der Waals surface area contributed by atoms with Gasteiger partial charge in [0.25, 0.3) is 0 Å². The molecule has 0 aromatic carbocycles. The molecular weight excluding hydrogens is 207 g/mol. The summed E-state index contributed by atoms with van der Waals surface area (Å²) in [5, 5.41) is 10.3. The Hall–Kier alpha value is -1.81. The van der Waals surface area contributed by atoms with E-state index in [-0.39, 0.29) is 0 Å². The summed E-state index contributed by atoms with van der Waals surface area (Å²) in [7, 11) is 0. The number of pyridine rings is 2. The van der Waals surface area contributed by atoms with Gasteiger partial charge in [-0.1, -0.05) is 6.07 Å². The van der Waals surface area contributed by atoms with E-state index in [0.717, 1.165) is 6.20 Å². The summed E-state index contributed by atoms with van der Waals surface area (Å²) < 4.78 is 13.0. The summed E-state index contributed by atoms with van der Waals surface area (Å²) in [6.45, 7) is 1.58. The van der Waals surface area contributed by atoms with E-state index in [1.165, 1.54) is 12.3 Å². The Kier molecular flexibility index (Phi) is 2.66. The first-order valence-electron chi connectivity index (χ1n) is 4.84. The van der Waals surface area contributed by atoms with Gasteiger partial charge >= 0.3 is 0 Å². The molecule has 16 heavy (non-hydrogen) atoms. The number of hydrogen-bond donors (Lipinski definition) is 1. The predicted molar refractivity (Wildman–Crippen MR) is 57.1 cm³/mol. The van der Waals surface area contributed by atoms with Gasteiger partial charge in [-0.3, -0.25) is 9.97 Å². The predicted octanol–water partition coefficient (Wildman–Crippen LogP) is 1.87. The molecule has 1 atom stereocenters. The maximum atomic E-state index is 13.0. The number of nitrogens with zero attached hydrogens (tertiary/aromatic N) is 2. The lowest BCUT2D eigenvalue weighted by molar-refractivity contribution is 0.101. The van der Waals surface area contributed by atoms with Crippen LogP contribution < -0.4 is 0 Å². The van der Waals surface area contributed by atoms with Crippen LogP contribution >= 0.6 is 0 Å². The Bertz CT molecular complexity index is 485. The largest absolute Gasteiger partial charge is 0.381 e. The normalized spacial score (nSPS) is 14.4. The van der Waals surface area contributed by atoms with Gasteiger partial charge in [0.2, 0.25) is 0 Å². The third-order valence-corrected chi connectivity index (χ3v) is 2.49. The number of aromatic nitrogens is 2. The van der Waals surface area contributed by atoms with Crippen LogP contribution in [0.15, 0.2) is 43.0 Å². The molecule has 0 saturated heterocycles. The Balaban J connectivity index is 2.47. The highest BCUT2D eigenvalue weighted by molar-refractivity contribution is 5.31. The van der Waals surface area contributed by atoms with Gasteiger partial charge in [0.1, 0.15) is 11.4 Å². The van der Waals surface area contributed by atoms with Crippen molar-refractivity contribution in [2.24, 2.45) is 0 Å². The first kappa shape index (κ1) is 10.7. The molecule has 0 aliphatic heterocycles. The van der Waals surface area contributed by atoms with E-state index in [2.05, 4.69) is 9.97 Å². The smallest absolute Gasteiger partial charge is 0.141 e. The standard InChI is InChI=1S/C12H11FN2O/c1-12(16,9-3-2-4-14-6-9)10-5-11(13)8-15-7-10/h2-8,16H,1H3. The van der Waals surface area contributed by atoms with E-state index in [1.54, 1.807) is 31.5 Å². The van der Waals surface area contributed by atoms with Crippen LogP contribution in [0.4, 0.5) is 4.39 Å². The minimum atomic E-state index is -1.29. The minimum absolute atomic E-state index is 0.403. The molecule has 0 saturated carbocycles. The summed E-state index contributed by atoms with van der Waals surface area (Å²) in [6.07, 6.45) is 5.70. The maximum Gasteiger partial charge on any atom is 0.141 e. The van der Waals surface area contributed by atoms with Gasteiger partial charge in [-0.25, -0.2) is 4.39 Å². The summed E-state index contributed by atoms with van der Waals surface area (Å²) in [5.41, 5.74) is -0.286. The Labute approximate surface area is 92.6 Å². The highest BCUT2D eigenvalue weighted by atomic mass is 19.1. The fourth-order valence-corrected chi connectivity index (χ4v) is 1.50. The third-order valence-electron chi connectivity index (χ3n) is 2.49. The molecule has 0 aliphatic carbocycles. The molecule has 1 unspecified atom stereocenters. The summed E-state index contributed by atoms with van der Waals surface area (Å²) in [6, 6.07) is 4.72. The van der Waals surface area contributed by atoms with E-state index in [1.807, 2.05) is 0 Å². The molecule has 0 fully saturated rings. The van der Waals surface area contributed by atoms with Crippen LogP contribution in [0.1, 0.15) is 18.1 Å². The molecule has 2 heterocycles. The zero-order valence-corrected chi connectivity index (χ0v) is 8.76. The Morgan fingerprint density at radius 1 is 1.19 bits per heavy atom. The van der Waals surface area contributed by atoms with Crippen LogP contribution in [-0.2, 0) is 5.60 Å². The van der Waals surface area contributed by atoms with Crippen molar-refractivity contribution in [2.75, 3.05) is 0 Å². The van der Waals surface area contributed by atoms with Crippen LogP contribution in [0.2, 0.25) is 0 Å². The van der Waals surface area contributed by atoms with Crippen molar-refractivity contribution in [1.82, 2.24) is 9.97 Å². The van der Waals surface area contributed by atoms with E-state index in [4.69, 9.17) is 0 Å². The van der Waals surface area contributed by atoms with Gasteiger partial charge in [0.15, 0.2) is 0 Å². The molecule has 0 radical (unpaired) electrons. The minimum Gasteiger partial charge on any atom is -0.381 e. The van der Waals surface area contributed by atoms with Gasteiger partial charge < -0.3 is 5.11 Å². The third kappa shape index (κ3) is 1.92. The molecule has 2 rings (SSSR count). The zero-order valence-electron chi connectivity index (χ0n) is 8.76. The van der Waals surface area contributed by atoms with Crippen LogP contribution in [0.3, 0.4) is 0 Å². The van der Waals surface area contributed by atoms with Gasteiger partial charge in [0.05, 0.1) is 6.20 Å². The van der Waals surface area contributed by atoms with Gasteiger partial charge in [-0.05, 0) is 19.1 Å². The molecule has 3 nitrogen and oxygen atoms in total. The van der Waals surface area contributed by atoms with Crippen molar-refractivity contribution in [3.63, 3.8) is 0 Å². The Morgan fingerprint density at radius 2 is 1.94 bits per heavy atom. The number of halogens is 1. The van der Waals surface area contributed by atoms with Crippen molar-refractivity contribution in [2.45, 2.75) is 12.5 Å². The number of rotatable bonds is 2. The quantitative estimate of drug-likeness (QED) is 0.837. The van der Waals surface area contributed by atoms with Crippen LogP contribution in [0, 0.1) is 5.82 Å². The summed E-state index contributed by atoms with van der Waals surface area (Å²) >= 11 is 0. The van der Waals surface area contributed by atoms with Crippen LogP contribution in [0.5, 0.6) is 0 Å². The summed E-state index contributed by atoms with van der Waals surface area (Å²) in [4.78, 5) is 7.65. The molecule has 82 valence electrons. The van der Waals surface area contributed by atoms with Crippen LogP contribution in [0.25, 0.3) is 0 Å². The van der Waals surface area contributed by atoms with Crippen molar-refractivity contribution >= 4 is 0 Å². The molecule has 1 N–H and O–H groups in total. The highest BCUT2D eigenvalue weighted by Gasteiger charge is 2.26. The van der Waals surface area contributed by atoms with Crippen molar-refractivity contribution in [3.05, 3.63) is 59.9 Å². The average molecular weight is 218 g/mol. The second-order valence-corrected chi connectivity index (χ2v) is 3.71. The highest BCUT2D eigenvalue weighted by Crippen LogP contribution is 2.27. The van der Waals surface area contributed by atoms with E-state index in [0.29, 0.717) is 11.1 Å². The van der Waals surface area contributed by atoms with Crippen molar-refractivity contribution in [1.29, 1.82) is 0 Å². The monoisotopic (exact) mass is 218 g/mol. The first-order valence-corrected chi connectivity index (χ1v) is 4.84. The molecule has 0 amide bonds. The summed E-state index contributed by atoms with van der Waals surface area (Å²) in [5.74, 6) is -0.471. The van der Waals surface area contributed by atoms with Crippen LogP contribution in [-0.4, -0.2) is 15.1 Å². The maximum absolute atomic E-state index is 13.0. The second-order valence-electron chi connectivity index (χ2n) is 3.71. The molecule has 0 bridgehead atoms. The fourth-order valence-electron chi connectivity index (χ4n) is 1.50. The lowest BCUT2D eigenvalue weighted by atomic mass is 9.90. The van der Waals surface area contributed by atoms with Gasteiger partial charge in [-0.2, -0.15) is 0 Å². The fraction of sp³-hybridized carbons (Fsp3) is 0.167. The molecule has 2 aromatic heterocycles. The number of aliphatic hydroxyl groups is 1. The van der Waals surface area contributed by atoms with E-state index in [9.17, 15) is 9.50 Å².